The SMILES string of the molecule is Cc1cccc(C)c1OCC(=O)N1CCC(c2ccnc3c(Cn4cncn4)c(C)nn23)C1. The minimum Gasteiger partial charge on any atom is -0.483 e. The van der Waals surface area contributed by atoms with Crippen molar-refractivity contribution in [3.8, 4) is 5.75 Å². The van der Waals surface area contributed by atoms with Crippen LogP contribution in [-0.2, 0) is 11.3 Å². The molecule has 0 aliphatic carbocycles. The third-order valence-electron chi connectivity index (χ3n) is 6.34. The Labute approximate surface area is 192 Å². The van der Waals surface area contributed by atoms with E-state index in [2.05, 4.69) is 15.1 Å². The van der Waals surface area contributed by atoms with Crippen molar-refractivity contribution < 1.29 is 9.53 Å². The Morgan fingerprint density at radius 2 is 2.00 bits per heavy atom. The molecule has 3 aromatic heterocycles. The third-order valence-corrected chi connectivity index (χ3v) is 6.34. The molecule has 4 aromatic rings. The molecular formula is C24H27N7O2. The lowest BCUT2D eigenvalue weighted by atomic mass is 10.0. The normalized spacial score (nSPS) is 16.0. The maximum atomic E-state index is 12.9. The van der Waals surface area contributed by atoms with E-state index < -0.39 is 0 Å². The van der Waals surface area contributed by atoms with E-state index in [1.807, 2.05) is 60.6 Å². The van der Waals surface area contributed by atoms with Gasteiger partial charge in [0.25, 0.3) is 5.91 Å². The molecule has 9 nitrogen and oxygen atoms in total. The molecular weight excluding hydrogens is 418 g/mol. The zero-order chi connectivity index (χ0) is 22.9. The standard InChI is InChI=1S/C24H27N7O2/c1-16-5-4-6-17(2)23(16)33-13-22(32)29-10-8-19(11-29)21-7-9-26-24-20(18(3)28-31(21)24)12-30-15-25-14-27-30/h4-7,9,14-15,19H,8,10-13H2,1-3H3. The summed E-state index contributed by atoms with van der Waals surface area (Å²) < 4.78 is 9.58. The van der Waals surface area contributed by atoms with E-state index in [0.717, 1.165) is 45.9 Å². The van der Waals surface area contributed by atoms with Gasteiger partial charge in [-0.05, 0) is 44.4 Å². The van der Waals surface area contributed by atoms with Crippen LogP contribution in [0.25, 0.3) is 5.65 Å². The van der Waals surface area contributed by atoms with E-state index in [4.69, 9.17) is 9.84 Å². The summed E-state index contributed by atoms with van der Waals surface area (Å²) in [4.78, 5) is 23.4. The molecule has 0 bridgehead atoms. The first-order valence-corrected chi connectivity index (χ1v) is 11.1. The summed E-state index contributed by atoms with van der Waals surface area (Å²) >= 11 is 0. The topological polar surface area (TPSA) is 90.4 Å². The van der Waals surface area contributed by atoms with Crippen LogP contribution in [0, 0.1) is 20.8 Å². The van der Waals surface area contributed by atoms with E-state index in [-0.39, 0.29) is 18.4 Å². The highest BCUT2D eigenvalue weighted by molar-refractivity contribution is 5.78. The molecule has 9 heteroatoms. The second kappa shape index (κ2) is 8.65. The molecule has 0 spiro atoms. The number of hydrogen-bond donors (Lipinski definition) is 0. The van der Waals surface area contributed by atoms with Crippen LogP contribution in [0.3, 0.4) is 0 Å². The Kier molecular flexibility index (Phi) is 5.53. The highest BCUT2D eigenvalue weighted by Gasteiger charge is 2.30. The Balaban J connectivity index is 1.31. The predicted molar refractivity (Wildman–Crippen MR) is 122 cm³/mol. The minimum absolute atomic E-state index is 0.00831. The van der Waals surface area contributed by atoms with Crippen LogP contribution in [0.4, 0.5) is 0 Å². The van der Waals surface area contributed by atoms with E-state index in [9.17, 15) is 4.79 Å². The molecule has 5 rings (SSSR count). The summed E-state index contributed by atoms with van der Waals surface area (Å²) in [6.45, 7) is 7.94. The maximum Gasteiger partial charge on any atom is 0.260 e. The van der Waals surface area contributed by atoms with Crippen molar-refractivity contribution in [2.24, 2.45) is 0 Å². The van der Waals surface area contributed by atoms with Gasteiger partial charge in [0.15, 0.2) is 12.3 Å². The number of carbonyl (C=O) groups is 1. The van der Waals surface area contributed by atoms with Gasteiger partial charge in [0.05, 0.1) is 17.9 Å². The molecule has 0 N–H and O–H groups in total. The summed E-state index contributed by atoms with van der Waals surface area (Å²) in [5.74, 6) is 0.997. The summed E-state index contributed by atoms with van der Waals surface area (Å²) in [6, 6.07) is 7.99. The van der Waals surface area contributed by atoms with Crippen molar-refractivity contribution in [1.82, 2.24) is 34.3 Å². The quantitative estimate of drug-likeness (QED) is 0.453. The van der Waals surface area contributed by atoms with Gasteiger partial charge in [-0.1, -0.05) is 18.2 Å². The number of hydrogen-bond acceptors (Lipinski definition) is 6. The number of para-hydroxylation sites is 1. The van der Waals surface area contributed by atoms with Crippen molar-refractivity contribution in [2.45, 2.75) is 39.7 Å². The first-order valence-electron chi connectivity index (χ1n) is 11.1. The molecule has 170 valence electrons. The zero-order valence-corrected chi connectivity index (χ0v) is 19.1. The Morgan fingerprint density at radius 1 is 1.18 bits per heavy atom. The molecule has 1 saturated heterocycles. The average Bonchev–Trinajstić information content (AvgIpc) is 3.55. The monoisotopic (exact) mass is 445 g/mol. The lowest BCUT2D eigenvalue weighted by Gasteiger charge is -2.18. The molecule has 0 radical (unpaired) electrons. The molecule has 1 atom stereocenters. The fourth-order valence-corrected chi connectivity index (χ4v) is 4.57. The Morgan fingerprint density at radius 3 is 2.76 bits per heavy atom. The van der Waals surface area contributed by atoms with Crippen LogP contribution in [0.2, 0.25) is 0 Å². The molecule has 4 heterocycles. The highest BCUT2D eigenvalue weighted by Crippen LogP contribution is 2.29. The van der Waals surface area contributed by atoms with E-state index in [1.165, 1.54) is 6.33 Å². The smallest absolute Gasteiger partial charge is 0.260 e. The van der Waals surface area contributed by atoms with Gasteiger partial charge in [-0.2, -0.15) is 10.2 Å². The average molecular weight is 446 g/mol. The lowest BCUT2D eigenvalue weighted by Crippen LogP contribution is -2.33. The number of amides is 1. The molecule has 33 heavy (non-hydrogen) atoms. The Bertz CT molecular complexity index is 1280. The minimum atomic E-state index is 0.00831. The van der Waals surface area contributed by atoms with Crippen LogP contribution < -0.4 is 4.74 Å². The summed E-state index contributed by atoms with van der Waals surface area (Å²) in [7, 11) is 0. The second-order valence-electron chi connectivity index (χ2n) is 8.60. The zero-order valence-electron chi connectivity index (χ0n) is 19.1. The number of benzene rings is 1. The summed E-state index contributed by atoms with van der Waals surface area (Å²) in [6.07, 6.45) is 5.92. The number of nitrogens with zero attached hydrogens (tertiary/aromatic N) is 7. The molecule has 1 aliphatic rings. The van der Waals surface area contributed by atoms with Crippen LogP contribution in [-0.4, -0.2) is 59.9 Å². The largest absolute Gasteiger partial charge is 0.483 e. The Hall–Kier alpha value is -3.75. The first kappa shape index (κ1) is 21.1. The van der Waals surface area contributed by atoms with Gasteiger partial charge >= 0.3 is 0 Å². The fourth-order valence-electron chi connectivity index (χ4n) is 4.57. The number of ether oxygens (including phenoxy) is 1. The lowest BCUT2D eigenvalue weighted by molar-refractivity contribution is -0.132. The molecule has 1 amide bonds. The van der Waals surface area contributed by atoms with Gasteiger partial charge in [0.2, 0.25) is 0 Å². The van der Waals surface area contributed by atoms with Crippen molar-refractivity contribution in [1.29, 1.82) is 0 Å². The molecule has 1 aromatic carbocycles. The van der Waals surface area contributed by atoms with Gasteiger partial charge in [-0.3, -0.25) is 4.79 Å². The number of aromatic nitrogens is 6. The number of fused-ring (bicyclic) bond motifs is 1. The van der Waals surface area contributed by atoms with Crippen molar-refractivity contribution in [3.05, 3.63) is 71.2 Å². The fraction of sp³-hybridized carbons (Fsp3) is 0.375. The van der Waals surface area contributed by atoms with Gasteiger partial charge in [-0.15, -0.1) is 0 Å². The van der Waals surface area contributed by atoms with E-state index >= 15 is 0 Å². The number of aryl methyl sites for hydroxylation is 3. The number of carbonyl (C=O) groups excluding carboxylic acids is 1. The van der Waals surface area contributed by atoms with E-state index in [1.54, 1.807) is 11.0 Å². The van der Waals surface area contributed by atoms with Crippen LogP contribution in [0.1, 0.15) is 40.4 Å². The van der Waals surface area contributed by atoms with Gasteiger partial charge in [0, 0.05) is 30.8 Å². The highest BCUT2D eigenvalue weighted by atomic mass is 16.5. The number of likely N-dealkylation sites (tertiary alicyclic amines) is 1. The van der Waals surface area contributed by atoms with E-state index in [0.29, 0.717) is 19.6 Å². The molecule has 1 unspecified atom stereocenters. The van der Waals surface area contributed by atoms with Crippen molar-refractivity contribution in [3.63, 3.8) is 0 Å². The van der Waals surface area contributed by atoms with Crippen LogP contribution in [0.5, 0.6) is 5.75 Å². The third kappa shape index (κ3) is 4.06. The van der Waals surface area contributed by atoms with Crippen LogP contribution in [0.15, 0.2) is 43.1 Å². The maximum absolute atomic E-state index is 12.9. The first-order chi connectivity index (χ1) is 16.0. The molecule has 0 saturated carbocycles. The predicted octanol–water partition coefficient (Wildman–Crippen LogP) is 2.69. The number of rotatable bonds is 6. The summed E-state index contributed by atoms with van der Waals surface area (Å²) in [5.41, 5.74) is 5.91. The van der Waals surface area contributed by atoms with Crippen LogP contribution >= 0.6 is 0 Å². The van der Waals surface area contributed by atoms with Gasteiger partial charge in [-0.25, -0.2) is 19.2 Å². The molecule has 1 aliphatic heterocycles. The van der Waals surface area contributed by atoms with Gasteiger partial charge in [0.1, 0.15) is 18.4 Å². The van der Waals surface area contributed by atoms with Crippen molar-refractivity contribution >= 4 is 11.6 Å². The second-order valence-corrected chi connectivity index (χ2v) is 8.60. The summed E-state index contributed by atoms with van der Waals surface area (Å²) in [5, 5.41) is 8.97. The van der Waals surface area contributed by atoms with Gasteiger partial charge < -0.3 is 9.64 Å². The molecule has 1 fully saturated rings. The van der Waals surface area contributed by atoms with Crippen molar-refractivity contribution in [2.75, 3.05) is 19.7 Å².